The van der Waals surface area contributed by atoms with Crippen LogP contribution in [-0.4, -0.2) is 12.6 Å². The SMILES string of the molecule is Cc1ccc(NCC(N)CC(C)C)cc1. The van der Waals surface area contributed by atoms with Gasteiger partial charge in [0.2, 0.25) is 0 Å². The topological polar surface area (TPSA) is 38.0 Å². The standard InChI is InChI=1S/C13H22N2/c1-10(2)8-12(14)9-15-13-6-4-11(3)5-7-13/h4-7,10,12,15H,8-9,14H2,1-3H3. The van der Waals surface area contributed by atoms with Crippen LogP contribution in [0, 0.1) is 12.8 Å². The summed E-state index contributed by atoms with van der Waals surface area (Å²) in [5.74, 6) is 0.666. The van der Waals surface area contributed by atoms with Gasteiger partial charge in [-0.1, -0.05) is 31.5 Å². The normalized spacial score (nSPS) is 12.9. The first-order chi connectivity index (χ1) is 7.08. The molecule has 0 bridgehead atoms. The van der Waals surface area contributed by atoms with E-state index < -0.39 is 0 Å². The van der Waals surface area contributed by atoms with Gasteiger partial charge in [0, 0.05) is 18.3 Å². The molecule has 0 fully saturated rings. The van der Waals surface area contributed by atoms with E-state index in [1.54, 1.807) is 0 Å². The Bertz CT molecular complexity index is 277. The zero-order valence-electron chi connectivity index (χ0n) is 9.96. The molecule has 15 heavy (non-hydrogen) atoms. The summed E-state index contributed by atoms with van der Waals surface area (Å²) in [7, 11) is 0. The average Bonchev–Trinajstić information content (AvgIpc) is 2.16. The highest BCUT2D eigenvalue weighted by Crippen LogP contribution is 2.09. The summed E-state index contributed by atoms with van der Waals surface area (Å²) in [5.41, 5.74) is 8.43. The van der Waals surface area contributed by atoms with E-state index >= 15 is 0 Å². The Balaban J connectivity index is 2.33. The molecule has 0 aliphatic rings. The smallest absolute Gasteiger partial charge is 0.0340 e. The van der Waals surface area contributed by atoms with E-state index in [0.717, 1.165) is 18.7 Å². The lowest BCUT2D eigenvalue weighted by molar-refractivity contribution is 0.508. The maximum Gasteiger partial charge on any atom is 0.0340 e. The second kappa shape index (κ2) is 5.76. The highest BCUT2D eigenvalue weighted by molar-refractivity contribution is 5.44. The van der Waals surface area contributed by atoms with E-state index in [1.165, 1.54) is 5.56 Å². The van der Waals surface area contributed by atoms with Gasteiger partial charge in [-0.05, 0) is 31.4 Å². The zero-order valence-corrected chi connectivity index (χ0v) is 9.96. The lowest BCUT2D eigenvalue weighted by atomic mass is 10.0. The third-order valence-corrected chi connectivity index (χ3v) is 2.39. The molecule has 2 nitrogen and oxygen atoms in total. The molecule has 1 rings (SSSR count). The van der Waals surface area contributed by atoms with Crippen LogP contribution in [0.4, 0.5) is 5.69 Å². The number of aryl methyl sites for hydroxylation is 1. The Morgan fingerprint density at radius 2 is 1.80 bits per heavy atom. The maximum absolute atomic E-state index is 5.99. The first-order valence-corrected chi connectivity index (χ1v) is 5.64. The van der Waals surface area contributed by atoms with Gasteiger partial charge in [0.05, 0.1) is 0 Å². The Morgan fingerprint density at radius 1 is 1.20 bits per heavy atom. The minimum absolute atomic E-state index is 0.242. The van der Waals surface area contributed by atoms with Gasteiger partial charge in [-0.15, -0.1) is 0 Å². The van der Waals surface area contributed by atoms with Crippen LogP contribution in [-0.2, 0) is 0 Å². The van der Waals surface area contributed by atoms with Gasteiger partial charge >= 0.3 is 0 Å². The lowest BCUT2D eigenvalue weighted by Gasteiger charge is -2.15. The number of benzene rings is 1. The molecule has 0 aromatic heterocycles. The number of nitrogens with one attached hydrogen (secondary N) is 1. The van der Waals surface area contributed by atoms with Crippen molar-refractivity contribution in [3.8, 4) is 0 Å². The first kappa shape index (κ1) is 12.1. The Morgan fingerprint density at radius 3 is 2.33 bits per heavy atom. The van der Waals surface area contributed by atoms with E-state index in [-0.39, 0.29) is 6.04 Å². The van der Waals surface area contributed by atoms with Crippen LogP contribution < -0.4 is 11.1 Å². The van der Waals surface area contributed by atoms with Crippen molar-refractivity contribution in [3.63, 3.8) is 0 Å². The van der Waals surface area contributed by atoms with E-state index in [1.807, 2.05) is 0 Å². The number of anilines is 1. The van der Waals surface area contributed by atoms with Crippen LogP contribution in [0.1, 0.15) is 25.8 Å². The monoisotopic (exact) mass is 206 g/mol. The summed E-state index contributed by atoms with van der Waals surface area (Å²) in [6, 6.07) is 8.65. The molecule has 0 aliphatic heterocycles. The first-order valence-electron chi connectivity index (χ1n) is 5.64. The molecule has 0 aliphatic carbocycles. The summed E-state index contributed by atoms with van der Waals surface area (Å²) in [4.78, 5) is 0. The van der Waals surface area contributed by atoms with Crippen LogP contribution in [0.15, 0.2) is 24.3 Å². The van der Waals surface area contributed by atoms with Crippen molar-refractivity contribution in [1.29, 1.82) is 0 Å². The highest BCUT2D eigenvalue weighted by atomic mass is 14.9. The van der Waals surface area contributed by atoms with Gasteiger partial charge in [0.1, 0.15) is 0 Å². The van der Waals surface area contributed by atoms with Gasteiger partial charge in [0.25, 0.3) is 0 Å². The molecule has 1 aromatic carbocycles. The molecule has 0 spiro atoms. The van der Waals surface area contributed by atoms with Crippen molar-refractivity contribution in [1.82, 2.24) is 0 Å². The number of nitrogens with two attached hydrogens (primary N) is 1. The highest BCUT2D eigenvalue weighted by Gasteiger charge is 2.04. The molecule has 84 valence electrons. The van der Waals surface area contributed by atoms with Crippen LogP contribution in [0.2, 0.25) is 0 Å². The van der Waals surface area contributed by atoms with Crippen molar-refractivity contribution in [2.75, 3.05) is 11.9 Å². The molecule has 0 amide bonds. The number of hydrogen-bond donors (Lipinski definition) is 2. The van der Waals surface area contributed by atoms with E-state index in [0.29, 0.717) is 5.92 Å². The minimum atomic E-state index is 0.242. The molecule has 0 saturated heterocycles. The van der Waals surface area contributed by atoms with Gasteiger partial charge in [0.15, 0.2) is 0 Å². The summed E-state index contributed by atoms with van der Waals surface area (Å²) >= 11 is 0. The van der Waals surface area contributed by atoms with E-state index in [9.17, 15) is 0 Å². The minimum Gasteiger partial charge on any atom is -0.383 e. The molecule has 0 radical (unpaired) electrons. The molecule has 2 heteroatoms. The summed E-state index contributed by atoms with van der Waals surface area (Å²) in [5, 5.41) is 3.35. The van der Waals surface area contributed by atoms with Crippen molar-refractivity contribution in [3.05, 3.63) is 29.8 Å². The summed E-state index contributed by atoms with van der Waals surface area (Å²) < 4.78 is 0. The number of rotatable bonds is 5. The quantitative estimate of drug-likeness (QED) is 0.777. The Hall–Kier alpha value is -1.02. The fourth-order valence-electron chi connectivity index (χ4n) is 1.61. The van der Waals surface area contributed by atoms with Crippen LogP contribution in [0.25, 0.3) is 0 Å². The maximum atomic E-state index is 5.99. The molecule has 1 aromatic rings. The second-order valence-corrected chi connectivity index (χ2v) is 4.64. The second-order valence-electron chi connectivity index (χ2n) is 4.64. The van der Waals surface area contributed by atoms with Crippen LogP contribution in [0.5, 0.6) is 0 Å². The molecule has 1 atom stereocenters. The van der Waals surface area contributed by atoms with Gasteiger partial charge in [-0.2, -0.15) is 0 Å². The van der Waals surface area contributed by atoms with E-state index in [4.69, 9.17) is 5.73 Å². The van der Waals surface area contributed by atoms with Crippen LogP contribution in [0.3, 0.4) is 0 Å². The van der Waals surface area contributed by atoms with Crippen molar-refractivity contribution in [2.45, 2.75) is 33.2 Å². The third-order valence-electron chi connectivity index (χ3n) is 2.39. The molecular formula is C13H22N2. The Labute approximate surface area is 92.9 Å². The fourth-order valence-corrected chi connectivity index (χ4v) is 1.61. The van der Waals surface area contributed by atoms with Gasteiger partial charge in [-0.3, -0.25) is 0 Å². The van der Waals surface area contributed by atoms with Gasteiger partial charge in [-0.25, -0.2) is 0 Å². The zero-order chi connectivity index (χ0) is 11.3. The van der Waals surface area contributed by atoms with Crippen molar-refractivity contribution >= 4 is 5.69 Å². The summed E-state index contributed by atoms with van der Waals surface area (Å²) in [6.45, 7) is 7.34. The van der Waals surface area contributed by atoms with Crippen molar-refractivity contribution in [2.24, 2.45) is 11.7 Å². The molecule has 0 saturated carbocycles. The van der Waals surface area contributed by atoms with E-state index in [2.05, 4.69) is 50.4 Å². The van der Waals surface area contributed by atoms with Crippen molar-refractivity contribution < 1.29 is 0 Å². The molecule has 1 unspecified atom stereocenters. The summed E-state index contributed by atoms with van der Waals surface area (Å²) in [6.07, 6.45) is 1.07. The molecular weight excluding hydrogens is 184 g/mol. The van der Waals surface area contributed by atoms with Gasteiger partial charge < -0.3 is 11.1 Å². The lowest BCUT2D eigenvalue weighted by Crippen LogP contribution is -2.30. The molecule has 0 heterocycles. The van der Waals surface area contributed by atoms with Crippen LogP contribution >= 0.6 is 0 Å². The predicted molar refractivity (Wildman–Crippen MR) is 67.1 cm³/mol. The number of hydrogen-bond acceptors (Lipinski definition) is 2. The Kier molecular flexibility index (Phi) is 4.63. The molecule has 3 N–H and O–H groups in total. The predicted octanol–water partition coefficient (Wildman–Crippen LogP) is 2.78. The fraction of sp³-hybridized carbons (Fsp3) is 0.538. The largest absolute Gasteiger partial charge is 0.383 e. The third kappa shape index (κ3) is 4.84. The average molecular weight is 206 g/mol.